The van der Waals surface area contributed by atoms with E-state index in [0.29, 0.717) is 6.04 Å². The van der Waals surface area contributed by atoms with Crippen LogP contribution < -0.4 is 5.32 Å². The Hall–Kier alpha value is -0.120. The molecule has 0 saturated carbocycles. The van der Waals surface area contributed by atoms with Gasteiger partial charge in [0, 0.05) is 12.1 Å². The summed E-state index contributed by atoms with van der Waals surface area (Å²) < 4.78 is 0. The molecule has 0 fully saturated rings. The molecule has 16 heavy (non-hydrogen) atoms. The number of nitrogens with zero attached hydrogens (tertiary/aromatic N) is 1. The second-order valence-corrected chi connectivity index (χ2v) is 5.61. The summed E-state index contributed by atoms with van der Waals surface area (Å²) in [5, 5.41) is 13.1. The molecule has 3 heteroatoms. The summed E-state index contributed by atoms with van der Waals surface area (Å²) in [6.07, 6.45) is 2.37. The number of nitrogens with one attached hydrogen (secondary N) is 1. The van der Waals surface area contributed by atoms with Crippen LogP contribution in [0.15, 0.2) is 0 Å². The van der Waals surface area contributed by atoms with Crippen LogP contribution in [0.5, 0.6) is 0 Å². The van der Waals surface area contributed by atoms with Gasteiger partial charge in [-0.25, -0.2) is 0 Å². The van der Waals surface area contributed by atoms with Crippen molar-refractivity contribution in [3.8, 4) is 0 Å². The van der Waals surface area contributed by atoms with E-state index in [9.17, 15) is 5.11 Å². The third kappa shape index (κ3) is 7.20. The van der Waals surface area contributed by atoms with Gasteiger partial charge >= 0.3 is 0 Å². The molecule has 0 spiro atoms. The van der Waals surface area contributed by atoms with E-state index in [1.807, 2.05) is 20.8 Å². The molecule has 98 valence electrons. The van der Waals surface area contributed by atoms with Crippen molar-refractivity contribution in [2.75, 3.05) is 20.1 Å². The van der Waals surface area contributed by atoms with Crippen molar-refractivity contribution >= 4 is 0 Å². The molecule has 0 amide bonds. The highest BCUT2D eigenvalue weighted by atomic mass is 16.3. The van der Waals surface area contributed by atoms with Crippen molar-refractivity contribution in [3.05, 3.63) is 0 Å². The molecule has 2 N–H and O–H groups in total. The lowest BCUT2D eigenvalue weighted by Crippen LogP contribution is -2.44. The van der Waals surface area contributed by atoms with Gasteiger partial charge in [0.2, 0.25) is 0 Å². The lowest BCUT2D eigenvalue weighted by Gasteiger charge is -2.27. The second-order valence-electron chi connectivity index (χ2n) is 5.61. The Bertz CT molecular complexity index is 175. The fourth-order valence-corrected chi connectivity index (χ4v) is 1.31. The Labute approximate surface area is 101 Å². The molecule has 0 aromatic rings. The third-order valence-electron chi connectivity index (χ3n) is 3.33. The predicted octanol–water partition coefficient (Wildman–Crippen LogP) is 1.86. The smallest absolute Gasteiger partial charge is 0.0741 e. The molecule has 0 aliphatic heterocycles. The molecule has 0 aliphatic rings. The summed E-state index contributed by atoms with van der Waals surface area (Å²) >= 11 is 0. The predicted molar refractivity (Wildman–Crippen MR) is 70.8 cm³/mol. The molecule has 0 radical (unpaired) electrons. The molecule has 0 aromatic carbocycles. The van der Waals surface area contributed by atoms with Gasteiger partial charge in [-0.3, -0.25) is 0 Å². The fraction of sp³-hybridized carbons (Fsp3) is 1.00. The quantitative estimate of drug-likeness (QED) is 0.625. The van der Waals surface area contributed by atoms with Gasteiger partial charge in [-0.1, -0.05) is 0 Å². The Balaban J connectivity index is 3.48. The Kier molecular flexibility index (Phi) is 7.20. The van der Waals surface area contributed by atoms with Crippen LogP contribution in [0, 0.1) is 0 Å². The lowest BCUT2D eigenvalue weighted by atomic mass is 10.0. The topological polar surface area (TPSA) is 35.5 Å². The third-order valence-corrected chi connectivity index (χ3v) is 3.33. The fourth-order valence-electron chi connectivity index (χ4n) is 1.31. The highest BCUT2D eigenvalue weighted by Crippen LogP contribution is 2.07. The Morgan fingerprint density at radius 1 is 1.19 bits per heavy atom. The number of rotatable bonds is 8. The highest BCUT2D eigenvalue weighted by Gasteiger charge is 2.20. The first-order valence-corrected chi connectivity index (χ1v) is 6.41. The first kappa shape index (κ1) is 15.9. The molecule has 0 bridgehead atoms. The number of hydrogen-bond donors (Lipinski definition) is 2. The minimum atomic E-state index is -0.630. The molecular formula is C13H30N2O. The van der Waals surface area contributed by atoms with E-state index in [4.69, 9.17) is 0 Å². The molecule has 1 atom stereocenters. The molecular weight excluding hydrogens is 200 g/mol. The van der Waals surface area contributed by atoms with Crippen molar-refractivity contribution in [3.63, 3.8) is 0 Å². The van der Waals surface area contributed by atoms with E-state index in [2.05, 4.69) is 31.1 Å². The zero-order chi connectivity index (χ0) is 12.8. The van der Waals surface area contributed by atoms with Crippen molar-refractivity contribution in [1.82, 2.24) is 10.2 Å². The highest BCUT2D eigenvalue weighted by molar-refractivity contribution is 4.79. The minimum absolute atomic E-state index is 0.148. The first-order chi connectivity index (χ1) is 7.25. The van der Waals surface area contributed by atoms with Crippen LogP contribution in [0.4, 0.5) is 0 Å². The zero-order valence-electron chi connectivity index (χ0n) is 11.9. The zero-order valence-corrected chi connectivity index (χ0v) is 11.9. The minimum Gasteiger partial charge on any atom is -0.389 e. The van der Waals surface area contributed by atoms with Gasteiger partial charge in [-0.15, -0.1) is 0 Å². The number of unbranched alkanes of at least 4 members (excludes halogenated alkanes) is 1. The first-order valence-electron chi connectivity index (χ1n) is 6.41. The maximum atomic E-state index is 9.73. The summed E-state index contributed by atoms with van der Waals surface area (Å²) in [5.41, 5.74) is -0.630. The monoisotopic (exact) mass is 230 g/mol. The van der Waals surface area contributed by atoms with Gasteiger partial charge in [-0.05, 0) is 67.6 Å². The molecule has 0 saturated heterocycles. The van der Waals surface area contributed by atoms with Gasteiger partial charge in [-0.2, -0.15) is 0 Å². The molecule has 0 aliphatic carbocycles. The van der Waals surface area contributed by atoms with Crippen molar-refractivity contribution in [2.45, 2.75) is 65.1 Å². The number of hydrogen-bond acceptors (Lipinski definition) is 3. The molecule has 1 unspecified atom stereocenters. The summed E-state index contributed by atoms with van der Waals surface area (Å²) in [7, 11) is 2.16. The maximum Gasteiger partial charge on any atom is 0.0741 e. The van der Waals surface area contributed by atoms with Gasteiger partial charge in [0.15, 0.2) is 0 Å². The summed E-state index contributed by atoms with van der Waals surface area (Å²) in [6, 6.07) is 0.776. The SMILES string of the molecule is CC(C)N(C)CCCCNC(C)C(C)(C)O. The van der Waals surface area contributed by atoms with E-state index in [0.717, 1.165) is 19.5 Å². The lowest BCUT2D eigenvalue weighted by molar-refractivity contribution is 0.0443. The standard InChI is InChI=1S/C13H30N2O/c1-11(2)15(6)10-8-7-9-14-12(3)13(4,5)16/h11-12,14,16H,7-10H2,1-6H3. The van der Waals surface area contributed by atoms with Crippen LogP contribution in [-0.2, 0) is 0 Å². The summed E-state index contributed by atoms with van der Waals surface area (Å²) in [5.74, 6) is 0. The van der Waals surface area contributed by atoms with Crippen LogP contribution in [0.2, 0.25) is 0 Å². The van der Waals surface area contributed by atoms with Crippen molar-refractivity contribution in [2.24, 2.45) is 0 Å². The van der Waals surface area contributed by atoms with E-state index >= 15 is 0 Å². The normalized spacial score (nSPS) is 14.8. The molecule has 3 nitrogen and oxygen atoms in total. The van der Waals surface area contributed by atoms with Gasteiger partial charge < -0.3 is 15.3 Å². The average Bonchev–Trinajstić information content (AvgIpc) is 2.14. The largest absolute Gasteiger partial charge is 0.389 e. The van der Waals surface area contributed by atoms with Crippen LogP contribution >= 0.6 is 0 Å². The summed E-state index contributed by atoms with van der Waals surface area (Å²) in [4.78, 5) is 2.36. The van der Waals surface area contributed by atoms with Crippen molar-refractivity contribution in [1.29, 1.82) is 0 Å². The van der Waals surface area contributed by atoms with Crippen LogP contribution in [0.25, 0.3) is 0 Å². The van der Waals surface area contributed by atoms with Gasteiger partial charge in [0.1, 0.15) is 0 Å². The summed E-state index contributed by atoms with van der Waals surface area (Å²) in [6.45, 7) is 12.3. The average molecular weight is 230 g/mol. The Morgan fingerprint density at radius 2 is 1.75 bits per heavy atom. The molecule has 0 aromatic heterocycles. The van der Waals surface area contributed by atoms with Gasteiger partial charge in [0.05, 0.1) is 5.60 Å². The molecule has 0 heterocycles. The van der Waals surface area contributed by atoms with Gasteiger partial charge in [0.25, 0.3) is 0 Å². The maximum absolute atomic E-state index is 9.73. The van der Waals surface area contributed by atoms with Crippen LogP contribution in [0.3, 0.4) is 0 Å². The van der Waals surface area contributed by atoms with E-state index < -0.39 is 5.60 Å². The van der Waals surface area contributed by atoms with E-state index in [1.165, 1.54) is 6.42 Å². The Morgan fingerprint density at radius 3 is 2.19 bits per heavy atom. The number of aliphatic hydroxyl groups is 1. The van der Waals surface area contributed by atoms with Crippen LogP contribution in [-0.4, -0.2) is 47.8 Å². The van der Waals surface area contributed by atoms with E-state index in [-0.39, 0.29) is 6.04 Å². The van der Waals surface area contributed by atoms with Crippen LogP contribution in [0.1, 0.15) is 47.5 Å². The second kappa shape index (κ2) is 7.25. The molecule has 0 rings (SSSR count). The van der Waals surface area contributed by atoms with Crippen molar-refractivity contribution < 1.29 is 5.11 Å². The van der Waals surface area contributed by atoms with E-state index in [1.54, 1.807) is 0 Å².